The summed E-state index contributed by atoms with van der Waals surface area (Å²) in [5.74, 6) is 0.228. The van der Waals surface area contributed by atoms with Crippen molar-refractivity contribution in [2.24, 2.45) is 21.7 Å². The molecular formula is C30H31N5O2. The zero-order valence-corrected chi connectivity index (χ0v) is 21.5. The summed E-state index contributed by atoms with van der Waals surface area (Å²) in [4.78, 5) is 38.5. The predicted octanol–water partition coefficient (Wildman–Crippen LogP) is 3.69. The lowest BCUT2D eigenvalue weighted by Crippen LogP contribution is -2.59. The van der Waals surface area contributed by atoms with E-state index in [2.05, 4.69) is 42.5 Å². The normalized spacial score (nSPS) is 24.6. The molecule has 2 aliphatic carbocycles. The lowest BCUT2D eigenvalue weighted by atomic mass is 9.72. The smallest absolute Gasteiger partial charge is 0.270 e. The van der Waals surface area contributed by atoms with E-state index in [1.165, 1.54) is 6.08 Å². The highest BCUT2D eigenvalue weighted by Gasteiger charge is 2.50. The summed E-state index contributed by atoms with van der Waals surface area (Å²) in [5, 5.41) is 10.5. The van der Waals surface area contributed by atoms with Crippen LogP contribution in [-0.2, 0) is 22.4 Å². The zero-order chi connectivity index (χ0) is 25.9. The Bertz CT molecular complexity index is 1400. The second-order valence-electron chi connectivity index (χ2n) is 11.8. The average Bonchev–Trinajstić information content (AvgIpc) is 3.31. The molecule has 1 aromatic rings. The third kappa shape index (κ3) is 3.87. The molecule has 0 bridgehead atoms. The molecule has 188 valence electrons. The van der Waals surface area contributed by atoms with Gasteiger partial charge in [0.2, 0.25) is 5.91 Å². The van der Waals surface area contributed by atoms with Crippen molar-refractivity contribution in [3.05, 3.63) is 71.0 Å². The Morgan fingerprint density at radius 1 is 1.24 bits per heavy atom. The minimum atomic E-state index is -0.282. The Morgan fingerprint density at radius 3 is 2.81 bits per heavy atom. The molecule has 0 aromatic carbocycles. The van der Waals surface area contributed by atoms with Gasteiger partial charge in [0.25, 0.3) is 5.91 Å². The molecule has 1 unspecified atom stereocenters. The highest BCUT2D eigenvalue weighted by molar-refractivity contribution is 6.17. The highest BCUT2D eigenvalue weighted by atomic mass is 16.2. The fraction of sp³-hybridized carbons (Fsp3) is 0.433. The molecule has 3 aliphatic heterocycles. The van der Waals surface area contributed by atoms with Gasteiger partial charge in [-0.15, -0.1) is 0 Å². The molecule has 37 heavy (non-hydrogen) atoms. The van der Waals surface area contributed by atoms with Gasteiger partial charge >= 0.3 is 0 Å². The Hall–Kier alpha value is -3.79. The van der Waals surface area contributed by atoms with Crippen molar-refractivity contribution in [2.45, 2.75) is 39.5 Å². The Labute approximate surface area is 217 Å². The molecule has 0 N–H and O–H groups in total. The van der Waals surface area contributed by atoms with E-state index in [0.29, 0.717) is 30.2 Å². The van der Waals surface area contributed by atoms with Crippen molar-refractivity contribution in [3.8, 4) is 6.07 Å². The molecular weight excluding hydrogens is 462 g/mol. The predicted molar refractivity (Wildman–Crippen MR) is 142 cm³/mol. The van der Waals surface area contributed by atoms with Crippen LogP contribution in [0.2, 0.25) is 0 Å². The maximum absolute atomic E-state index is 12.7. The fourth-order valence-electron chi connectivity index (χ4n) is 6.64. The van der Waals surface area contributed by atoms with E-state index >= 15 is 0 Å². The van der Waals surface area contributed by atoms with Gasteiger partial charge in [0, 0.05) is 54.8 Å². The van der Waals surface area contributed by atoms with Gasteiger partial charge in [0.05, 0.1) is 5.71 Å². The number of allylic oxidation sites excluding steroid dienone is 5. The van der Waals surface area contributed by atoms with Gasteiger partial charge < -0.3 is 9.80 Å². The topological polar surface area (TPSA) is 89.7 Å². The number of pyridine rings is 1. The minimum absolute atomic E-state index is 0.0214. The number of aromatic nitrogens is 1. The van der Waals surface area contributed by atoms with E-state index in [1.807, 2.05) is 23.1 Å². The number of nitrogens with zero attached hydrogens (tertiary/aromatic N) is 5. The molecule has 2 amide bonds. The Balaban J connectivity index is 1.45. The summed E-state index contributed by atoms with van der Waals surface area (Å²) in [6.07, 6.45) is 14.4. The number of rotatable bonds is 3. The van der Waals surface area contributed by atoms with E-state index in [-0.39, 0.29) is 28.6 Å². The molecule has 2 saturated heterocycles. The van der Waals surface area contributed by atoms with Crippen LogP contribution < -0.4 is 4.90 Å². The van der Waals surface area contributed by atoms with Gasteiger partial charge in [0.1, 0.15) is 17.5 Å². The van der Waals surface area contributed by atoms with Crippen molar-refractivity contribution in [2.75, 3.05) is 31.1 Å². The van der Waals surface area contributed by atoms with Crippen molar-refractivity contribution < 1.29 is 9.59 Å². The summed E-state index contributed by atoms with van der Waals surface area (Å²) in [6.45, 7) is 11.1. The number of likely N-dealkylation sites (tertiary alicyclic amines) is 1. The SMILES string of the molecule is C=CC(=O)N1CC2(CCN(c3nc4c(c(C5=NC(=O)C=C6C=CC=CC65)c3C#N)CCC(C)(C)C4)C2)C1. The van der Waals surface area contributed by atoms with Crippen molar-refractivity contribution in [3.63, 3.8) is 0 Å². The summed E-state index contributed by atoms with van der Waals surface area (Å²) in [5.41, 5.74) is 5.11. The third-order valence-corrected chi connectivity index (χ3v) is 8.58. The van der Waals surface area contributed by atoms with Crippen LogP contribution in [0.1, 0.15) is 49.1 Å². The van der Waals surface area contributed by atoms with Gasteiger partial charge in [-0.25, -0.2) is 9.98 Å². The van der Waals surface area contributed by atoms with E-state index < -0.39 is 0 Å². The first kappa shape index (κ1) is 23.6. The van der Waals surface area contributed by atoms with Crippen LogP contribution in [0.15, 0.2) is 53.6 Å². The van der Waals surface area contributed by atoms with Crippen molar-refractivity contribution >= 4 is 23.3 Å². The first-order valence-electron chi connectivity index (χ1n) is 13.0. The van der Waals surface area contributed by atoms with Crippen LogP contribution in [-0.4, -0.2) is 53.6 Å². The maximum Gasteiger partial charge on any atom is 0.270 e. The quantitative estimate of drug-likeness (QED) is 0.599. The van der Waals surface area contributed by atoms with Crippen molar-refractivity contribution in [1.29, 1.82) is 5.26 Å². The first-order valence-corrected chi connectivity index (χ1v) is 13.0. The minimum Gasteiger partial charge on any atom is -0.355 e. The van der Waals surface area contributed by atoms with Gasteiger partial charge in [-0.2, -0.15) is 5.26 Å². The molecule has 1 spiro atoms. The molecule has 7 nitrogen and oxygen atoms in total. The molecule has 1 aromatic heterocycles. The van der Waals surface area contributed by atoms with Crippen LogP contribution in [0.3, 0.4) is 0 Å². The molecule has 0 radical (unpaired) electrons. The van der Waals surface area contributed by atoms with Crippen LogP contribution in [0, 0.1) is 28.1 Å². The average molecular weight is 494 g/mol. The highest BCUT2D eigenvalue weighted by Crippen LogP contribution is 2.45. The number of hydrogen-bond donors (Lipinski definition) is 0. The largest absolute Gasteiger partial charge is 0.355 e. The van der Waals surface area contributed by atoms with E-state index in [0.717, 1.165) is 61.2 Å². The summed E-state index contributed by atoms with van der Waals surface area (Å²) in [6, 6.07) is 2.48. The lowest BCUT2D eigenvalue weighted by Gasteiger charge is -2.47. The molecule has 7 heteroatoms. The molecule has 4 heterocycles. The number of aliphatic imine (C=N–C) groups is 1. The number of carbonyl (C=O) groups excluding carboxylic acids is 2. The number of hydrogen-bond acceptors (Lipinski definition) is 5. The molecule has 0 saturated carbocycles. The molecule has 6 rings (SSSR count). The number of dihydropyridines is 1. The standard InChI is InChI=1S/C30H31N5O2/c1-4-25(37)35-17-30(18-35)11-12-34(16-30)28-22(15-31)26(21-9-10-29(2,3)14-23(21)32-28)27-20-8-6-5-7-19(20)13-24(36)33-27/h4-8,13,20H,1,9-12,14,16-18H2,2-3H3. The van der Waals surface area contributed by atoms with Crippen LogP contribution >= 0.6 is 0 Å². The lowest BCUT2D eigenvalue weighted by molar-refractivity contribution is -0.136. The van der Waals surface area contributed by atoms with Crippen LogP contribution in [0.5, 0.6) is 0 Å². The first-order chi connectivity index (χ1) is 17.7. The zero-order valence-electron chi connectivity index (χ0n) is 21.5. The number of nitriles is 1. The molecule has 5 aliphatic rings. The van der Waals surface area contributed by atoms with Crippen LogP contribution in [0.25, 0.3) is 0 Å². The molecule has 1 atom stereocenters. The van der Waals surface area contributed by atoms with Crippen molar-refractivity contribution in [1.82, 2.24) is 9.88 Å². The second-order valence-corrected chi connectivity index (χ2v) is 11.8. The second kappa shape index (κ2) is 8.37. The fourth-order valence-corrected chi connectivity index (χ4v) is 6.64. The number of anilines is 1. The van der Waals surface area contributed by atoms with Crippen LogP contribution in [0.4, 0.5) is 5.82 Å². The monoisotopic (exact) mass is 493 g/mol. The Kier molecular flexibility index (Phi) is 5.34. The van der Waals surface area contributed by atoms with Gasteiger partial charge in [-0.1, -0.05) is 44.7 Å². The van der Waals surface area contributed by atoms with E-state index in [4.69, 9.17) is 4.98 Å². The number of carbonyl (C=O) groups is 2. The summed E-state index contributed by atoms with van der Waals surface area (Å²) in [7, 11) is 0. The third-order valence-electron chi connectivity index (χ3n) is 8.58. The Morgan fingerprint density at radius 2 is 2.05 bits per heavy atom. The van der Waals surface area contributed by atoms with E-state index in [9.17, 15) is 14.9 Å². The number of fused-ring (bicyclic) bond motifs is 2. The van der Waals surface area contributed by atoms with Gasteiger partial charge in [-0.05, 0) is 48.3 Å². The molecule has 2 fully saturated rings. The van der Waals surface area contributed by atoms with E-state index in [1.54, 1.807) is 6.08 Å². The number of amides is 2. The van der Waals surface area contributed by atoms with Gasteiger partial charge in [-0.3, -0.25) is 9.59 Å². The summed E-state index contributed by atoms with van der Waals surface area (Å²) >= 11 is 0. The van der Waals surface area contributed by atoms with Gasteiger partial charge in [0.15, 0.2) is 0 Å². The maximum atomic E-state index is 12.7. The summed E-state index contributed by atoms with van der Waals surface area (Å²) < 4.78 is 0.